The van der Waals surface area contributed by atoms with Crippen LogP contribution in [0.4, 0.5) is 0 Å². The Kier molecular flexibility index (Phi) is 2.94. The van der Waals surface area contributed by atoms with E-state index in [0.717, 1.165) is 24.1 Å². The predicted octanol–water partition coefficient (Wildman–Crippen LogP) is 1.22. The first kappa shape index (κ1) is 12.1. The second kappa shape index (κ2) is 4.62. The molecule has 2 aromatic rings. The molecule has 0 atom stereocenters. The second-order valence-electron chi connectivity index (χ2n) is 5.03. The van der Waals surface area contributed by atoms with Gasteiger partial charge in [-0.2, -0.15) is 0 Å². The smallest absolute Gasteiger partial charge is 0.335 e. The predicted molar refractivity (Wildman–Crippen MR) is 70.1 cm³/mol. The van der Waals surface area contributed by atoms with Crippen LogP contribution < -0.4 is 0 Å². The summed E-state index contributed by atoms with van der Waals surface area (Å²) in [4.78, 5) is 13.3. The maximum atomic E-state index is 11.0. The molecular formula is C13H16N4O2. The molecule has 0 bridgehead atoms. The fourth-order valence-electron chi connectivity index (χ4n) is 2.21. The van der Waals surface area contributed by atoms with Crippen LogP contribution in [0.2, 0.25) is 0 Å². The van der Waals surface area contributed by atoms with Gasteiger partial charge in [-0.25, -0.2) is 9.48 Å². The van der Waals surface area contributed by atoms with Gasteiger partial charge in [0.1, 0.15) is 5.52 Å². The summed E-state index contributed by atoms with van der Waals surface area (Å²) in [6.45, 7) is 1.63. The Bertz CT molecular complexity index is 618. The van der Waals surface area contributed by atoms with Crippen LogP contribution in [0.3, 0.4) is 0 Å². The summed E-state index contributed by atoms with van der Waals surface area (Å²) >= 11 is 0. The number of benzene rings is 1. The van der Waals surface area contributed by atoms with Crippen LogP contribution in [0.5, 0.6) is 0 Å². The van der Waals surface area contributed by atoms with Crippen molar-refractivity contribution in [2.24, 2.45) is 0 Å². The van der Waals surface area contributed by atoms with Crippen molar-refractivity contribution in [3.63, 3.8) is 0 Å². The zero-order valence-corrected chi connectivity index (χ0v) is 10.8. The largest absolute Gasteiger partial charge is 0.478 e. The summed E-state index contributed by atoms with van der Waals surface area (Å²) < 4.78 is 1.78. The number of aromatic carboxylic acids is 1. The minimum Gasteiger partial charge on any atom is -0.478 e. The van der Waals surface area contributed by atoms with E-state index in [-0.39, 0.29) is 5.56 Å². The minimum absolute atomic E-state index is 0.270. The van der Waals surface area contributed by atoms with Gasteiger partial charge in [0.25, 0.3) is 0 Å². The Morgan fingerprint density at radius 2 is 2.32 bits per heavy atom. The molecule has 1 fully saturated rings. The number of hydrogen-bond acceptors (Lipinski definition) is 4. The summed E-state index contributed by atoms with van der Waals surface area (Å²) in [5.41, 5.74) is 1.79. The molecule has 0 radical (unpaired) electrons. The quantitative estimate of drug-likeness (QED) is 0.875. The average Bonchev–Trinajstić information content (AvgIpc) is 3.17. The molecule has 1 heterocycles. The first-order valence-corrected chi connectivity index (χ1v) is 6.42. The Morgan fingerprint density at radius 3 is 3.00 bits per heavy atom. The highest BCUT2D eigenvalue weighted by molar-refractivity contribution is 5.92. The van der Waals surface area contributed by atoms with Gasteiger partial charge in [0, 0.05) is 12.6 Å². The van der Waals surface area contributed by atoms with Gasteiger partial charge in [0.2, 0.25) is 0 Å². The molecule has 0 unspecified atom stereocenters. The fourth-order valence-corrected chi connectivity index (χ4v) is 2.21. The van der Waals surface area contributed by atoms with E-state index in [4.69, 9.17) is 5.11 Å². The third kappa shape index (κ3) is 2.44. The van der Waals surface area contributed by atoms with E-state index in [0.29, 0.717) is 6.04 Å². The van der Waals surface area contributed by atoms with E-state index in [2.05, 4.69) is 22.3 Å². The molecule has 0 spiro atoms. The summed E-state index contributed by atoms with van der Waals surface area (Å²) in [5.74, 6) is -0.926. The highest BCUT2D eigenvalue weighted by atomic mass is 16.4. The van der Waals surface area contributed by atoms with E-state index >= 15 is 0 Å². The molecule has 3 rings (SSSR count). The fraction of sp³-hybridized carbons (Fsp3) is 0.462. The van der Waals surface area contributed by atoms with Gasteiger partial charge in [0.05, 0.1) is 17.6 Å². The lowest BCUT2D eigenvalue weighted by molar-refractivity contribution is 0.0697. The number of rotatable bonds is 5. The van der Waals surface area contributed by atoms with Gasteiger partial charge in [-0.3, -0.25) is 0 Å². The van der Waals surface area contributed by atoms with Crippen LogP contribution in [0.1, 0.15) is 23.2 Å². The maximum absolute atomic E-state index is 11.0. The summed E-state index contributed by atoms with van der Waals surface area (Å²) in [6, 6.07) is 5.60. The molecule has 0 saturated heterocycles. The van der Waals surface area contributed by atoms with Crippen molar-refractivity contribution in [3.8, 4) is 0 Å². The summed E-state index contributed by atoms with van der Waals surface area (Å²) in [7, 11) is 2.11. The summed E-state index contributed by atoms with van der Waals surface area (Å²) in [5, 5.41) is 17.2. The standard InChI is InChI=1S/C13H16N4O2/c1-16(10-3-4-10)6-7-17-12-8-9(13(18)19)2-5-11(12)14-15-17/h2,5,8,10H,3-4,6-7H2,1H3,(H,18,19). The third-order valence-corrected chi connectivity index (χ3v) is 3.60. The topological polar surface area (TPSA) is 71.2 Å². The Morgan fingerprint density at radius 1 is 1.53 bits per heavy atom. The molecule has 100 valence electrons. The molecule has 1 N–H and O–H groups in total. The Hall–Kier alpha value is -1.95. The van der Waals surface area contributed by atoms with E-state index in [1.807, 2.05) is 0 Å². The number of aromatic nitrogens is 3. The van der Waals surface area contributed by atoms with Crippen molar-refractivity contribution in [1.29, 1.82) is 0 Å². The third-order valence-electron chi connectivity index (χ3n) is 3.60. The van der Waals surface area contributed by atoms with Crippen molar-refractivity contribution < 1.29 is 9.90 Å². The molecular weight excluding hydrogens is 244 g/mol. The van der Waals surface area contributed by atoms with Crippen molar-refractivity contribution in [3.05, 3.63) is 23.8 Å². The molecule has 0 aliphatic heterocycles. The molecule has 1 saturated carbocycles. The maximum Gasteiger partial charge on any atom is 0.335 e. The molecule has 1 aromatic heterocycles. The van der Waals surface area contributed by atoms with E-state index < -0.39 is 5.97 Å². The van der Waals surface area contributed by atoms with Crippen molar-refractivity contribution in [2.75, 3.05) is 13.6 Å². The molecule has 19 heavy (non-hydrogen) atoms. The normalized spacial score (nSPS) is 15.3. The van der Waals surface area contributed by atoms with Gasteiger partial charge in [-0.15, -0.1) is 5.10 Å². The number of fused-ring (bicyclic) bond motifs is 1. The zero-order chi connectivity index (χ0) is 13.4. The highest BCUT2D eigenvalue weighted by Crippen LogP contribution is 2.25. The second-order valence-corrected chi connectivity index (χ2v) is 5.03. The monoisotopic (exact) mass is 260 g/mol. The molecule has 1 aromatic carbocycles. The average molecular weight is 260 g/mol. The van der Waals surface area contributed by atoms with Gasteiger partial charge in [-0.05, 0) is 38.1 Å². The number of hydrogen-bond donors (Lipinski definition) is 1. The van der Waals surface area contributed by atoms with Gasteiger partial charge >= 0.3 is 5.97 Å². The number of likely N-dealkylation sites (N-methyl/N-ethyl adjacent to an activating group) is 1. The highest BCUT2D eigenvalue weighted by Gasteiger charge is 2.25. The molecule has 1 aliphatic rings. The SMILES string of the molecule is CN(CCn1nnc2ccc(C(=O)O)cc21)C1CC1. The van der Waals surface area contributed by atoms with Crippen molar-refractivity contribution >= 4 is 17.0 Å². The van der Waals surface area contributed by atoms with E-state index in [9.17, 15) is 4.79 Å². The van der Waals surface area contributed by atoms with Gasteiger partial charge in [0.15, 0.2) is 0 Å². The molecule has 0 amide bonds. The number of carbonyl (C=O) groups is 1. The van der Waals surface area contributed by atoms with Gasteiger partial charge in [-0.1, -0.05) is 5.21 Å². The van der Waals surface area contributed by atoms with Crippen LogP contribution in [0, 0.1) is 0 Å². The molecule has 6 heteroatoms. The lowest BCUT2D eigenvalue weighted by Crippen LogP contribution is -2.25. The van der Waals surface area contributed by atoms with Crippen LogP contribution in [-0.2, 0) is 6.54 Å². The van der Waals surface area contributed by atoms with Crippen LogP contribution >= 0.6 is 0 Å². The first-order valence-electron chi connectivity index (χ1n) is 6.42. The van der Waals surface area contributed by atoms with Gasteiger partial charge < -0.3 is 10.0 Å². The minimum atomic E-state index is -0.926. The first-order chi connectivity index (χ1) is 9.15. The zero-order valence-electron chi connectivity index (χ0n) is 10.8. The Balaban J connectivity index is 1.81. The lowest BCUT2D eigenvalue weighted by Gasteiger charge is -2.15. The number of carboxylic acid groups (broad SMARTS) is 1. The summed E-state index contributed by atoms with van der Waals surface area (Å²) in [6.07, 6.45) is 2.55. The van der Waals surface area contributed by atoms with Crippen LogP contribution in [0.25, 0.3) is 11.0 Å². The van der Waals surface area contributed by atoms with Crippen LogP contribution in [0.15, 0.2) is 18.2 Å². The Labute approximate surface area is 110 Å². The number of nitrogens with zero attached hydrogens (tertiary/aromatic N) is 4. The molecule has 1 aliphatic carbocycles. The molecule has 6 nitrogen and oxygen atoms in total. The van der Waals surface area contributed by atoms with Crippen molar-refractivity contribution in [1.82, 2.24) is 19.9 Å². The number of carboxylic acids is 1. The van der Waals surface area contributed by atoms with E-state index in [1.165, 1.54) is 12.8 Å². The van der Waals surface area contributed by atoms with Crippen molar-refractivity contribution in [2.45, 2.75) is 25.4 Å². The van der Waals surface area contributed by atoms with Crippen LogP contribution in [-0.4, -0.2) is 50.6 Å². The lowest BCUT2D eigenvalue weighted by atomic mass is 10.2. The van der Waals surface area contributed by atoms with E-state index in [1.54, 1.807) is 22.9 Å².